The molecule has 0 spiro atoms. The van der Waals surface area contributed by atoms with Crippen molar-refractivity contribution in [3.05, 3.63) is 35.3 Å². The highest BCUT2D eigenvalue weighted by Gasteiger charge is 2.19. The first kappa shape index (κ1) is 15.2. The van der Waals surface area contributed by atoms with Gasteiger partial charge in [-0.15, -0.1) is 0 Å². The molecular formula is C16H19FN2O2. The van der Waals surface area contributed by atoms with E-state index in [1.807, 2.05) is 20.8 Å². The highest BCUT2D eigenvalue weighted by atomic mass is 19.1. The third-order valence-electron chi connectivity index (χ3n) is 3.08. The summed E-state index contributed by atoms with van der Waals surface area (Å²) in [6, 6.07) is 4.35. The van der Waals surface area contributed by atoms with Crippen molar-refractivity contribution in [3.8, 4) is 0 Å². The average molecular weight is 290 g/mol. The maximum atomic E-state index is 13.6. The summed E-state index contributed by atoms with van der Waals surface area (Å²) in [7, 11) is 0. The van der Waals surface area contributed by atoms with Crippen LogP contribution in [0.1, 0.15) is 32.0 Å². The fourth-order valence-electron chi connectivity index (χ4n) is 2.28. The molecule has 0 bridgehead atoms. The van der Waals surface area contributed by atoms with Crippen molar-refractivity contribution in [1.29, 1.82) is 0 Å². The Morgan fingerprint density at radius 3 is 2.62 bits per heavy atom. The first-order chi connectivity index (χ1) is 9.67. The van der Waals surface area contributed by atoms with Crippen LogP contribution in [0.3, 0.4) is 0 Å². The summed E-state index contributed by atoms with van der Waals surface area (Å²) in [6.07, 6.45) is -0.149. The van der Waals surface area contributed by atoms with Gasteiger partial charge in [0.05, 0.1) is 11.9 Å². The third-order valence-corrected chi connectivity index (χ3v) is 3.08. The summed E-state index contributed by atoms with van der Waals surface area (Å²) in [6.45, 7) is 7.68. The summed E-state index contributed by atoms with van der Waals surface area (Å²) in [5.41, 5.74) is 2.25. The SMILES string of the molecule is Cc1nc2ccc(F)cc2c(NC(C)(C)C)c1CC(=O)O. The molecular weight excluding hydrogens is 271 g/mol. The van der Waals surface area contributed by atoms with Gasteiger partial charge in [-0.05, 0) is 45.9 Å². The van der Waals surface area contributed by atoms with E-state index in [4.69, 9.17) is 5.11 Å². The van der Waals surface area contributed by atoms with Crippen LogP contribution in [-0.4, -0.2) is 21.6 Å². The standard InChI is InChI=1S/C16H19FN2O2/c1-9-11(8-14(20)21)15(19-16(2,3)4)12-7-10(17)5-6-13(12)18-9/h5-7H,8H2,1-4H3,(H,18,19)(H,20,21). The lowest BCUT2D eigenvalue weighted by Gasteiger charge is -2.26. The van der Waals surface area contributed by atoms with Crippen LogP contribution in [0.2, 0.25) is 0 Å². The minimum absolute atomic E-state index is 0.149. The van der Waals surface area contributed by atoms with Gasteiger partial charge in [0.1, 0.15) is 5.82 Å². The first-order valence-electron chi connectivity index (χ1n) is 6.76. The molecule has 0 aliphatic carbocycles. The van der Waals surface area contributed by atoms with E-state index in [0.717, 1.165) is 0 Å². The summed E-state index contributed by atoms with van der Waals surface area (Å²) in [5.74, 6) is -1.31. The maximum absolute atomic E-state index is 13.6. The van der Waals surface area contributed by atoms with Gasteiger partial charge in [-0.2, -0.15) is 0 Å². The molecule has 0 radical (unpaired) electrons. The van der Waals surface area contributed by atoms with Crippen molar-refractivity contribution in [2.24, 2.45) is 0 Å². The van der Waals surface area contributed by atoms with Gasteiger partial charge in [-0.25, -0.2) is 4.39 Å². The lowest BCUT2D eigenvalue weighted by molar-refractivity contribution is -0.136. The maximum Gasteiger partial charge on any atom is 0.307 e. The molecule has 0 saturated heterocycles. The third kappa shape index (κ3) is 3.48. The quantitative estimate of drug-likeness (QED) is 0.908. The Labute approximate surface area is 123 Å². The number of pyridine rings is 1. The molecule has 5 heteroatoms. The van der Waals surface area contributed by atoms with E-state index in [2.05, 4.69) is 10.3 Å². The van der Waals surface area contributed by atoms with Crippen molar-refractivity contribution in [3.63, 3.8) is 0 Å². The predicted octanol–water partition coefficient (Wildman–Crippen LogP) is 3.52. The fourth-order valence-corrected chi connectivity index (χ4v) is 2.28. The normalized spacial score (nSPS) is 11.7. The number of aryl methyl sites for hydroxylation is 1. The van der Waals surface area contributed by atoms with Crippen LogP contribution in [0.4, 0.5) is 10.1 Å². The molecule has 2 N–H and O–H groups in total. The number of carboxylic acids is 1. The molecule has 0 fully saturated rings. The lowest BCUT2D eigenvalue weighted by Crippen LogP contribution is -2.27. The number of aliphatic carboxylic acids is 1. The number of carboxylic acid groups (broad SMARTS) is 1. The minimum atomic E-state index is -0.937. The molecule has 0 unspecified atom stereocenters. The van der Waals surface area contributed by atoms with E-state index in [1.165, 1.54) is 12.1 Å². The van der Waals surface area contributed by atoms with Crippen LogP contribution in [-0.2, 0) is 11.2 Å². The zero-order valence-electron chi connectivity index (χ0n) is 12.6. The van der Waals surface area contributed by atoms with Crippen molar-refractivity contribution < 1.29 is 14.3 Å². The molecule has 112 valence electrons. The average Bonchev–Trinajstić information content (AvgIpc) is 2.33. The molecule has 4 nitrogen and oxygen atoms in total. The van der Waals surface area contributed by atoms with Gasteiger partial charge in [0, 0.05) is 27.9 Å². The number of nitrogens with zero attached hydrogens (tertiary/aromatic N) is 1. The van der Waals surface area contributed by atoms with Crippen molar-refractivity contribution in [2.75, 3.05) is 5.32 Å². The number of hydrogen-bond acceptors (Lipinski definition) is 3. The molecule has 0 aliphatic rings. The second kappa shape index (κ2) is 5.31. The second-order valence-electron chi connectivity index (χ2n) is 6.16. The Morgan fingerprint density at radius 1 is 1.38 bits per heavy atom. The van der Waals surface area contributed by atoms with Gasteiger partial charge >= 0.3 is 5.97 Å². The first-order valence-corrected chi connectivity index (χ1v) is 6.76. The predicted molar refractivity (Wildman–Crippen MR) is 81.2 cm³/mol. The van der Waals surface area contributed by atoms with Crippen LogP contribution >= 0.6 is 0 Å². The zero-order valence-corrected chi connectivity index (χ0v) is 12.6. The van der Waals surface area contributed by atoms with E-state index in [-0.39, 0.29) is 17.8 Å². The number of hydrogen-bond donors (Lipinski definition) is 2. The zero-order chi connectivity index (χ0) is 15.8. The number of anilines is 1. The van der Waals surface area contributed by atoms with E-state index in [9.17, 15) is 9.18 Å². The molecule has 0 saturated carbocycles. The number of carbonyl (C=O) groups is 1. The number of halogens is 1. The van der Waals surface area contributed by atoms with Crippen molar-refractivity contribution >= 4 is 22.6 Å². The summed E-state index contributed by atoms with van der Waals surface area (Å²) in [5, 5.41) is 13.0. The van der Waals surface area contributed by atoms with E-state index in [0.29, 0.717) is 27.8 Å². The van der Waals surface area contributed by atoms with Gasteiger partial charge < -0.3 is 10.4 Å². The van der Waals surface area contributed by atoms with Crippen LogP contribution in [0.25, 0.3) is 10.9 Å². The molecule has 0 atom stereocenters. The summed E-state index contributed by atoms with van der Waals surface area (Å²) >= 11 is 0. The number of aromatic nitrogens is 1. The summed E-state index contributed by atoms with van der Waals surface area (Å²) in [4.78, 5) is 15.5. The fraction of sp³-hybridized carbons (Fsp3) is 0.375. The van der Waals surface area contributed by atoms with E-state index < -0.39 is 5.97 Å². The smallest absolute Gasteiger partial charge is 0.307 e. The van der Waals surface area contributed by atoms with Crippen molar-refractivity contribution in [2.45, 2.75) is 39.7 Å². The van der Waals surface area contributed by atoms with Crippen molar-refractivity contribution in [1.82, 2.24) is 4.98 Å². The Bertz CT molecular complexity index is 705. The molecule has 2 rings (SSSR count). The van der Waals surface area contributed by atoms with Crippen LogP contribution in [0.5, 0.6) is 0 Å². The molecule has 0 amide bonds. The molecule has 1 heterocycles. The van der Waals surface area contributed by atoms with Gasteiger partial charge in [0.2, 0.25) is 0 Å². The Balaban J connectivity index is 2.76. The number of rotatable bonds is 3. The number of benzene rings is 1. The van der Waals surface area contributed by atoms with Gasteiger partial charge in [0.25, 0.3) is 0 Å². The van der Waals surface area contributed by atoms with E-state index >= 15 is 0 Å². The number of nitrogens with one attached hydrogen (secondary N) is 1. The lowest BCUT2D eigenvalue weighted by atomic mass is 10.00. The molecule has 1 aromatic carbocycles. The number of fused-ring (bicyclic) bond motifs is 1. The Morgan fingerprint density at radius 2 is 2.05 bits per heavy atom. The van der Waals surface area contributed by atoms with Gasteiger partial charge in [-0.1, -0.05) is 0 Å². The van der Waals surface area contributed by atoms with Gasteiger partial charge in [-0.3, -0.25) is 9.78 Å². The molecule has 1 aromatic heterocycles. The topological polar surface area (TPSA) is 62.2 Å². The second-order valence-corrected chi connectivity index (χ2v) is 6.16. The minimum Gasteiger partial charge on any atom is -0.481 e. The Hall–Kier alpha value is -2.17. The monoisotopic (exact) mass is 290 g/mol. The Kier molecular flexibility index (Phi) is 3.85. The van der Waals surface area contributed by atoms with Crippen LogP contribution < -0.4 is 5.32 Å². The van der Waals surface area contributed by atoms with E-state index in [1.54, 1.807) is 13.0 Å². The molecule has 21 heavy (non-hydrogen) atoms. The molecule has 0 aliphatic heterocycles. The van der Waals surface area contributed by atoms with Crippen LogP contribution in [0.15, 0.2) is 18.2 Å². The molecule has 2 aromatic rings. The highest BCUT2D eigenvalue weighted by molar-refractivity contribution is 5.95. The largest absolute Gasteiger partial charge is 0.481 e. The van der Waals surface area contributed by atoms with Gasteiger partial charge in [0.15, 0.2) is 0 Å². The summed E-state index contributed by atoms with van der Waals surface area (Å²) < 4.78 is 13.6. The van der Waals surface area contributed by atoms with Crippen LogP contribution in [0, 0.1) is 12.7 Å². The highest BCUT2D eigenvalue weighted by Crippen LogP contribution is 2.31.